The Morgan fingerprint density at radius 1 is 1.33 bits per heavy atom. The molecule has 18 heavy (non-hydrogen) atoms. The molecule has 1 aliphatic carbocycles. The van der Waals surface area contributed by atoms with E-state index in [1.165, 1.54) is 7.11 Å². The molecule has 0 aromatic heterocycles. The number of hydrogen-bond donors (Lipinski definition) is 0. The van der Waals surface area contributed by atoms with Crippen LogP contribution in [-0.4, -0.2) is 24.6 Å². The molecular weight excluding hydrogens is 232 g/mol. The van der Waals surface area contributed by atoms with E-state index in [-0.39, 0.29) is 23.8 Å². The van der Waals surface area contributed by atoms with Crippen LogP contribution in [0.5, 0.6) is 0 Å². The smallest absolute Gasteiger partial charge is 0.333 e. The van der Waals surface area contributed by atoms with Crippen LogP contribution < -0.4 is 0 Å². The zero-order chi connectivity index (χ0) is 13.9. The molecular formula is C14H22O4. The van der Waals surface area contributed by atoms with Crippen LogP contribution in [0.3, 0.4) is 0 Å². The summed E-state index contributed by atoms with van der Waals surface area (Å²) in [6.45, 7) is 7.49. The predicted molar refractivity (Wildman–Crippen MR) is 67.8 cm³/mol. The topological polar surface area (TPSA) is 52.6 Å². The Bertz CT molecular complexity index is 362. The highest BCUT2D eigenvalue weighted by Crippen LogP contribution is 2.31. The van der Waals surface area contributed by atoms with E-state index in [4.69, 9.17) is 9.47 Å². The Labute approximate surface area is 108 Å². The third kappa shape index (κ3) is 3.86. The molecule has 1 rings (SSSR count). The van der Waals surface area contributed by atoms with Gasteiger partial charge in [-0.3, -0.25) is 4.79 Å². The van der Waals surface area contributed by atoms with Gasteiger partial charge in [0.05, 0.1) is 13.0 Å². The molecule has 0 aromatic rings. The molecule has 0 amide bonds. The first kappa shape index (κ1) is 14.7. The summed E-state index contributed by atoms with van der Waals surface area (Å²) in [4.78, 5) is 23.4. The van der Waals surface area contributed by atoms with Gasteiger partial charge in [0.25, 0.3) is 0 Å². The van der Waals surface area contributed by atoms with Gasteiger partial charge in [0.15, 0.2) is 0 Å². The van der Waals surface area contributed by atoms with E-state index in [2.05, 4.69) is 0 Å². The van der Waals surface area contributed by atoms with Gasteiger partial charge in [-0.1, -0.05) is 13.0 Å². The largest absolute Gasteiger partial charge is 0.466 e. The van der Waals surface area contributed by atoms with Gasteiger partial charge in [0.2, 0.25) is 0 Å². The molecule has 102 valence electrons. The first-order chi connectivity index (χ1) is 8.24. The second-order valence-corrected chi connectivity index (χ2v) is 5.72. The van der Waals surface area contributed by atoms with Crippen LogP contribution in [0, 0.1) is 11.8 Å². The van der Waals surface area contributed by atoms with Gasteiger partial charge in [-0.15, -0.1) is 0 Å². The van der Waals surface area contributed by atoms with Crippen molar-refractivity contribution >= 4 is 11.9 Å². The maximum atomic E-state index is 12.0. The highest BCUT2D eigenvalue weighted by atomic mass is 16.6. The van der Waals surface area contributed by atoms with E-state index < -0.39 is 5.60 Å². The molecule has 0 saturated carbocycles. The van der Waals surface area contributed by atoms with Crippen molar-refractivity contribution in [1.29, 1.82) is 0 Å². The summed E-state index contributed by atoms with van der Waals surface area (Å²) in [5.74, 6) is -0.653. The van der Waals surface area contributed by atoms with E-state index >= 15 is 0 Å². The molecule has 4 nitrogen and oxygen atoms in total. The number of methoxy groups -OCH3 is 1. The molecule has 4 heteroatoms. The number of carbonyl (C=O) groups excluding carboxylic acids is 2. The third-order valence-corrected chi connectivity index (χ3v) is 2.98. The molecule has 0 unspecified atom stereocenters. The van der Waals surface area contributed by atoms with Crippen LogP contribution in [0.2, 0.25) is 0 Å². The number of ether oxygens (including phenoxy) is 2. The van der Waals surface area contributed by atoms with Gasteiger partial charge in [-0.2, -0.15) is 0 Å². The van der Waals surface area contributed by atoms with Crippen molar-refractivity contribution in [1.82, 2.24) is 0 Å². The first-order valence-corrected chi connectivity index (χ1v) is 6.26. The summed E-state index contributed by atoms with van der Waals surface area (Å²) in [7, 11) is 1.37. The Kier molecular flexibility index (Phi) is 4.54. The number of esters is 2. The summed E-state index contributed by atoms with van der Waals surface area (Å²) >= 11 is 0. The van der Waals surface area contributed by atoms with E-state index in [1.807, 2.05) is 33.8 Å². The summed E-state index contributed by atoms with van der Waals surface area (Å²) in [6.07, 6.45) is 3.03. The van der Waals surface area contributed by atoms with Gasteiger partial charge in [-0.25, -0.2) is 4.79 Å². The Hall–Kier alpha value is -1.32. The molecule has 0 saturated heterocycles. The van der Waals surface area contributed by atoms with Crippen molar-refractivity contribution in [3.63, 3.8) is 0 Å². The van der Waals surface area contributed by atoms with Crippen molar-refractivity contribution in [3.05, 3.63) is 11.6 Å². The number of rotatable bonds is 2. The number of carbonyl (C=O) groups is 2. The monoisotopic (exact) mass is 254 g/mol. The van der Waals surface area contributed by atoms with Gasteiger partial charge < -0.3 is 9.47 Å². The number of hydrogen-bond acceptors (Lipinski definition) is 4. The van der Waals surface area contributed by atoms with Crippen molar-refractivity contribution in [2.75, 3.05) is 7.11 Å². The standard InChI is InChI=1S/C14H22O4/c1-9-8-10(12(15)17-5)6-7-11(9)13(16)18-14(2,3)4/h8-9,11H,6-7H2,1-5H3/t9-,11+/m0/s1. The van der Waals surface area contributed by atoms with Gasteiger partial charge in [-0.05, 0) is 39.5 Å². The molecule has 2 atom stereocenters. The Morgan fingerprint density at radius 2 is 1.94 bits per heavy atom. The van der Waals surface area contributed by atoms with Gasteiger partial charge in [0.1, 0.15) is 5.60 Å². The average molecular weight is 254 g/mol. The van der Waals surface area contributed by atoms with Crippen molar-refractivity contribution in [2.24, 2.45) is 11.8 Å². The van der Waals surface area contributed by atoms with E-state index in [9.17, 15) is 9.59 Å². The molecule has 0 bridgehead atoms. The van der Waals surface area contributed by atoms with Crippen molar-refractivity contribution in [3.8, 4) is 0 Å². The molecule has 0 heterocycles. The molecule has 0 radical (unpaired) electrons. The molecule has 0 fully saturated rings. The van der Waals surface area contributed by atoms with Crippen LogP contribution in [0.1, 0.15) is 40.5 Å². The lowest BCUT2D eigenvalue weighted by Gasteiger charge is -2.29. The maximum Gasteiger partial charge on any atom is 0.333 e. The Balaban J connectivity index is 2.71. The van der Waals surface area contributed by atoms with Crippen LogP contribution >= 0.6 is 0 Å². The molecule has 0 N–H and O–H groups in total. The van der Waals surface area contributed by atoms with Gasteiger partial charge in [0, 0.05) is 5.57 Å². The molecule has 0 spiro atoms. The van der Waals surface area contributed by atoms with Gasteiger partial charge >= 0.3 is 11.9 Å². The summed E-state index contributed by atoms with van der Waals surface area (Å²) in [5, 5.41) is 0. The molecule has 1 aliphatic rings. The average Bonchev–Trinajstić information content (AvgIpc) is 2.25. The van der Waals surface area contributed by atoms with E-state index in [0.29, 0.717) is 18.4 Å². The maximum absolute atomic E-state index is 12.0. The molecule has 0 aromatic carbocycles. The summed E-state index contributed by atoms with van der Waals surface area (Å²) < 4.78 is 10.1. The fourth-order valence-corrected chi connectivity index (χ4v) is 2.10. The quantitative estimate of drug-likeness (QED) is 0.710. The normalized spacial score (nSPS) is 24.2. The highest BCUT2D eigenvalue weighted by Gasteiger charge is 2.32. The van der Waals surface area contributed by atoms with E-state index in [1.54, 1.807) is 0 Å². The summed E-state index contributed by atoms with van der Waals surface area (Å²) in [5.41, 5.74) is 0.188. The minimum Gasteiger partial charge on any atom is -0.466 e. The summed E-state index contributed by atoms with van der Waals surface area (Å²) in [6, 6.07) is 0. The van der Waals surface area contributed by atoms with Crippen LogP contribution in [0.25, 0.3) is 0 Å². The lowest BCUT2D eigenvalue weighted by Crippen LogP contribution is -2.33. The second-order valence-electron chi connectivity index (χ2n) is 5.72. The number of allylic oxidation sites excluding steroid dienone is 1. The lowest BCUT2D eigenvalue weighted by atomic mass is 9.81. The second kappa shape index (κ2) is 5.55. The lowest BCUT2D eigenvalue weighted by molar-refractivity contribution is -0.162. The predicted octanol–water partition coefficient (Wildman–Crippen LogP) is 2.47. The van der Waals surface area contributed by atoms with Crippen LogP contribution in [0.4, 0.5) is 0 Å². The minimum absolute atomic E-state index is 0.00250. The van der Waals surface area contributed by atoms with Crippen molar-refractivity contribution < 1.29 is 19.1 Å². The highest BCUT2D eigenvalue weighted by molar-refractivity contribution is 5.89. The minimum atomic E-state index is -0.469. The van der Waals surface area contributed by atoms with E-state index in [0.717, 1.165) is 0 Å². The first-order valence-electron chi connectivity index (χ1n) is 6.26. The van der Waals surface area contributed by atoms with Crippen LogP contribution in [0.15, 0.2) is 11.6 Å². The van der Waals surface area contributed by atoms with Crippen molar-refractivity contribution in [2.45, 2.75) is 46.1 Å². The zero-order valence-corrected chi connectivity index (χ0v) is 11.8. The Morgan fingerprint density at radius 3 is 2.39 bits per heavy atom. The molecule has 0 aliphatic heterocycles. The third-order valence-electron chi connectivity index (χ3n) is 2.98. The SMILES string of the molecule is COC(=O)C1=C[C@H](C)[C@H](C(=O)OC(C)(C)C)CC1. The zero-order valence-electron chi connectivity index (χ0n) is 11.8. The van der Waals surface area contributed by atoms with Crippen LogP contribution in [-0.2, 0) is 19.1 Å². The fraction of sp³-hybridized carbons (Fsp3) is 0.714. The fourth-order valence-electron chi connectivity index (χ4n) is 2.10.